The van der Waals surface area contributed by atoms with Gasteiger partial charge in [-0.05, 0) is 42.6 Å². The molecule has 1 aliphatic rings. The van der Waals surface area contributed by atoms with E-state index < -0.39 is 0 Å². The first-order valence-corrected chi connectivity index (χ1v) is 7.04. The van der Waals surface area contributed by atoms with Gasteiger partial charge in [-0.15, -0.1) is 0 Å². The van der Waals surface area contributed by atoms with Crippen molar-refractivity contribution >= 4 is 0 Å². The lowest BCUT2D eigenvalue weighted by Crippen LogP contribution is -2.43. The molecule has 0 aliphatic heterocycles. The molecule has 1 heteroatoms. The maximum absolute atomic E-state index is 3.81. The second kappa shape index (κ2) is 5.53. The van der Waals surface area contributed by atoms with Crippen molar-refractivity contribution in [2.24, 2.45) is 23.2 Å². The molecule has 0 spiro atoms. The third-order valence-corrected chi connectivity index (χ3v) is 4.62. The minimum atomic E-state index is 0.427. The summed E-state index contributed by atoms with van der Waals surface area (Å²) < 4.78 is 0. The third kappa shape index (κ3) is 4.08. The van der Waals surface area contributed by atoms with E-state index >= 15 is 0 Å². The van der Waals surface area contributed by atoms with Crippen molar-refractivity contribution < 1.29 is 0 Å². The van der Waals surface area contributed by atoms with Crippen LogP contribution in [-0.4, -0.2) is 12.6 Å². The van der Waals surface area contributed by atoms with Crippen LogP contribution in [-0.2, 0) is 0 Å². The standard InChI is InChI=1S/C15H31N/c1-11-7-8-12(2)14(9-11)16-10-13(3)15(4,5)6/h11-14,16H,7-10H2,1-6H3. The van der Waals surface area contributed by atoms with Crippen LogP contribution in [0.25, 0.3) is 0 Å². The van der Waals surface area contributed by atoms with Crippen molar-refractivity contribution in [1.29, 1.82) is 0 Å². The summed E-state index contributed by atoms with van der Waals surface area (Å²) in [5, 5.41) is 3.81. The minimum Gasteiger partial charge on any atom is -0.313 e. The van der Waals surface area contributed by atoms with Crippen LogP contribution in [0.3, 0.4) is 0 Å². The molecule has 0 heterocycles. The molecule has 1 saturated carbocycles. The molecule has 1 fully saturated rings. The maximum Gasteiger partial charge on any atom is 0.00953 e. The Labute approximate surface area is 102 Å². The highest BCUT2D eigenvalue weighted by Gasteiger charge is 2.27. The molecule has 0 radical (unpaired) electrons. The average molecular weight is 225 g/mol. The molecule has 0 bridgehead atoms. The molecule has 16 heavy (non-hydrogen) atoms. The van der Waals surface area contributed by atoms with Crippen molar-refractivity contribution in [2.75, 3.05) is 6.54 Å². The van der Waals surface area contributed by atoms with Crippen LogP contribution < -0.4 is 5.32 Å². The van der Waals surface area contributed by atoms with Crippen LogP contribution in [0.15, 0.2) is 0 Å². The van der Waals surface area contributed by atoms with Gasteiger partial charge in [0.2, 0.25) is 0 Å². The van der Waals surface area contributed by atoms with Crippen LogP contribution >= 0.6 is 0 Å². The molecular weight excluding hydrogens is 194 g/mol. The van der Waals surface area contributed by atoms with Crippen LogP contribution in [0, 0.1) is 23.2 Å². The van der Waals surface area contributed by atoms with Crippen LogP contribution in [0.1, 0.15) is 60.8 Å². The first-order chi connectivity index (χ1) is 7.30. The fraction of sp³-hybridized carbons (Fsp3) is 1.00. The van der Waals surface area contributed by atoms with Gasteiger partial charge in [0, 0.05) is 6.04 Å². The normalized spacial score (nSPS) is 33.8. The van der Waals surface area contributed by atoms with Gasteiger partial charge in [0.15, 0.2) is 0 Å². The highest BCUT2D eigenvalue weighted by Crippen LogP contribution is 2.29. The van der Waals surface area contributed by atoms with E-state index in [2.05, 4.69) is 46.9 Å². The van der Waals surface area contributed by atoms with Crippen molar-refractivity contribution in [3.8, 4) is 0 Å². The topological polar surface area (TPSA) is 12.0 Å². The Bertz CT molecular complexity index is 204. The molecule has 1 aliphatic carbocycles. The molecule has 0 saturated heterocycles. The minimum absolute atomic E-state index is 0.427. The SMILES string of the molecule is CC1CCC(C)C(NCC(C)C(C)(C)C)C1. The molecule has 1 N–H and O–H groups in total. The summed E-state index contributed by atoms with van der Waals surface area (Å²) in [4.78, 5) is 0. The van der Waals surface area contributed by atoms with Crippen molar-refractivity contribution in [3.05, 3.63) is 0 Å². The predicted molar refractivity (Wildman–Crippen MR) is 72.6 cm³/mol. The summed E-state index contributed by atoms with van der Waals surface area (Å²) in [6, 6.07) is 0.758. The Morgan fingerprint density at radius 1 is 1.19 bits per heavy atom. The maximum atomic E-state index is 3.81. The van der Waals surface area contributed by atoms with Gasteiger partial charge >= 0.3 is 0 Å². The lowest BCUT2D eigenvalue weighted by Gasteiger charge is -2.36. The number of hydrogen-bond acceptors (Lipinski definition) is 1. The Morgan fingerprint density at radius 3 is 2.38 bits per heavy atom. The first-order valence-electron chi connectivity index (χ1n) is 7.04. The molecule has 0 amide bonds. The summed E-state index contributed by atoms with van der Waals surface area (Å²) in [5.41, 5.74) is 0.427. The number of rotatable bonds is 3. The average Bonchev–Trinajstić information content (AvgIpc) is 2.17. The lowest BCUT2D eigenvalue weighted by molar-refractivity contribution is 0.193. The van der Waals surface area contributed by atoms with Gasteiger partial charge in [0.1, 0.15) is 0 Å². The molecule has 0 aromatic carbocycles. The van der Waals surface area contributed by atoms with E-state index in [4.69, 9.17) is 0 Å². The van der Waals surface area contributed by atoms with Gasteiger partial charge in [-0.1, -0.05) is 48.0 Å². The second-order valence-electron chi connectivity index (χ2n) is 7.18. The van der Waals surface area contributed by atoms with Gasteiger partial charge in [-0.2, -0.15) is 0 Å². The molecule has 96 valence electrons. The molecule has 1 nitrogen and oxygen atoms in total. The third-order valence-electron chi connectivity index (χ3n) is 4.62. The van der Waals surface area contributed by atoms with E-state index in [0.29, 0.717) is 5.41 Å². The molecule has 0 aromatic heterocycles. The van der Waals surface area contributed by atoms with Gasteiger partial charge in [-0.3, -0.25) is 0 Å². The molecular formula is C15H31N. The predicted octanol–water partition coefficient (Wildman–Crippen LogP) is 4.08. The molecule has 0 aromatic rings. The highest BCUT2D eigenvalue weighted by atomic mass is 14.9. The van der Waals surface area contributed by atoms with E-state index in [9.17, 15) is 0 Å². The van der Waals surface area contributed by atoms with Gasteiger partial charge in [-0.25, -0.2) is 0 Å². The Hall–Kier alpha value is -0.0400. The van der Waals surface area contributed by atoms with Crippen LogP contribution in [0.2, 0.25) is 0 Å². The monoisotopic (exact) mass is 225 g/mol. The van der Waals surface area contributed by atoms with Crippen molar-refractivity contribution in [2.45, 2.75) is 66.8 Å². The van der Waals surface area contributed by atoms with Crippen molar-refractivity contribution in [1.82, 2.24) is 5.32 Å². The van der Waals surface area contributed by atoms with E-state index in [1.807, 2.05) is 0 Å². The number of hydrogen-bond donors (Lipinski definition) is 1. The van der Waals surface area contributed by atoms with Gasteiger partial charge < -0.3 is 5.32 Å². The summed E-state index contributed by atoms with van der Waals surface area (Å²) in [6.07, 6.45) is 4.20. The van der Waals surface area contributed by atoms with Gasteiger partial charge in [0.05, 0.1) is 0 Å². The summed E-state index contributed by atoms with van der Waals surface area (Å²) in [7, 11) is 0. The fourth-order valence-electron chi connectivity index (χ4n) is 2.45. The zero-order chi connectivity index (χ0) is 12.3. The Kier molecular flexibility index (Phi) is 4.85. The fourth-order valence-corrected chi connectivity index (χ4v) is 2.45. The molecule has 1 rings (SSSR count). The summed E-state index contributed by atoms with van der Waals surface area (Å²) in [5.74, 6) is 2.53. The lowest BCUT2D eigenvalue weighted by atomic mass is 9.78. The second-order valence-corrected chi connectivity index (χ2v) is 7.18. The zero-order valence-electron chi connectivity index (χ0n) is 12.1. The van der Waals surface area contributed by atoms with Gasteiger partial charge in [0.25, 0.3) is 0 Å². The van der Waals surface area contributed by atoms with Crippen molar-refractivity contribution in [3.63, 3.8) is 0 Å². The van der Waals surface area contributed by atoms with Crippen LogP contribution in [0.4, 0.5) is 0 Å². The zero-order valence-corrected chi connectivity index (χ0v) is 12.1. The number of nitrogens with one attached hydrogen (secondary N) is 1. The Morgan fingerprint density at radius 2 is 1.81 bits per heavy atom. The quantitative estimate of drug-likeness (QED) is 0.763. The summed E-state index contributed by atoms with van der Waals surface area (Å²) >= 11 is 0. The Balaban J connectivity index is 2.36. The summed E-state index contributed by atoms with van der Waals surface area (Å²) in [6.45, 7) is 15.4. The molecule has 4 atom stereocenters. The highest BCUT2D eigenvalue weighted by molar-refractivity contribution is 4.83. The largest absolute Gasteiger partial charge is 0.313 e. The van der Waals surface area contributed by atoms with E-state index in [-0.39, 0.29) is 0 Å². The van der Waals surface area contributed by atoms with E-state index in [1.54, 1.807) is 0 Å². The molecule has 4 unspecified atom stereocenters. The van der Waals surface area contributed by atoms with E-state index in [0.717, 1.165) is 23.8 Å². The van der Waals surface area contributed by atoms with E-state index in [1.165, 1.54) is 25.8 Å². The van der Waals surface area contributed by atoms with Crippen LogP contribution in [0.5, 0.6) is 0 Å². The first kappa shape index (κ1) is 14.0. The smallest absolute Gasteiger partial charge is 0.00953 e.